The van der Waals surface area contributed by atoms with Gasteiger partial charge in [0.1, 0.15) is 0 Å². The Balaban J connectivity index is 1.92. The van der Waals surface area contributed by atoms with E-state index in [0.717, 1.165) is 51.0 Å². The molecule has 1 fully saturated rings. The quantitative estimate of drug-likeness (QED) is 0.869. The topological polar surface area (TPSA) is 37.3 Å². The van der Waals surface area contributed by atoms with E-state index in [0.29, 0.717) is 6.04 Å². The van der Waals surface area contributed by atoms with E-state index >= 15 is 0 Å². The van der Waals surface area contributed by atoms with Gasteiger partial charge in [-0.05, 0) is 37.9 Å². The van der Waals surface area contributed by atoms with Crippen molar-refractivity contribution >= 4 is 0 Å². The van der Waals surface area contributed by atoms with Crippen LogP contribution in [-0.2, 0) is 26.1 Å². The standard InChI is InChI=1S/C17H27N3O/c1-3-4-8-20-16-7-9-19(2)12-14(16)10-13(17(20)21)11-18-15-5-6-15/h10,15,18H,3-9,11-12H2,1-2H3. The lowest BCUT2D eigenvalue weighted by Gasteiger charge is -2.28. The normalized spacial score (nSPS) is 18.8. The second-order valence-electron chi connectivity index (χ2n) is 6.59. The third kappa shape index (κ3) is 3.38. The van der Waals surface area contributed by atoms with Gasteiger partial charge in [0.05, 0.1) is 0 Å². The first-order valence-corrected chi connectivity index (χ1v) is 8.35. The minimum atomic E-state index is 0.236. The average Bonchev–Trinajstić information content (AvgIpc) is 3.28. The third-order valence-electron chi connectivity index (χ3n) is 4.63. The van der Waals surface area contributed by atoms with Gasteiger partial charge in [-0.2, -0.15) is 0 Å². The maximum Gasteiger partial charge on any atom is 0.255 e. The fraction of sp³-hybridized carbons (Fsp3) is 0.706. The van der Waals surface area contributed by atoms with E-state index in [4.69, 9.17) is 0 Å². The molecule has 1 aliphatic carbocycles. The lowest BCUT2D eigenvalue weighted by atomic mass is 10.0. The molecular formula is C17H27N3O. The van der Waals surface area contributed by atoms with Crippen LogP contribution in [0.1, 0.15) is 49.4 Å². The van der Waals surface area contributed by atoms with Gasteiger partial charge in [-0.15, -0.1) is 0 Å². The summed E-state index contributed by atoms with van der Waals surface area (Å²) in [6.07, 6.45) is 5.74. The number of unbranched alkanes of at least 4 members (excludes halogenated alkanes) is 1. The first kappa shape index (κ1) is 14.8. The molecule has 1 N–H and O–H groups in total. The molecule has 0 bridgehead atoms. The molecule has 0 radical (unpaired) electrons. The minimum Gasteiger partial charge on any atom is -0.312 e. The van der Waals surface area contributed by atoms with Gasteiger partial charge < -0.3 is 14.8 Å². The molecule has 2 heterocycles. The van der Waals surface area contributed by atoms with Crippen LogP contribution in [0.2, 0.25) is 0 Å². The molecule has 116 valence electrons. The zero-order valence-electron chi connectivity index (χ0n) is 13.3. The zero-order chi connectivity index (χ0) is 14.8. The van der Waals surface area contributed by atoms with E-state index in [1.807, 2.05) is 0 Å². The van der Waals surface area contributed by atoms with Crippen LogP contribution in [0.4, 0.5) is 0 Å². The summed E-state index contributed by atoms with van der Waals surface area (Å²) >= 11 is 0. The Kier molecular flexibility index (Phi) is 4.45. The Labute approximate surface area is 127 Å². The SMILES string of the molecule is CCCCn1c2c(cc(CNC3CC3)c1=O)CN(C)CC2. The number of nitrogens with zero attached hydrogens (tertiary/aromatic N) is 2. The van der Waals surface area contributed by atoms with Gasteiger partial charge in [0.15, 0.2) is 0 Å². The molecule has 2 aliphatic rings. The second kappa shape index (κ2) is 6.32. The van der Waals surface area contributed by atoms with Crippen molar-refractivity contribution in [2.45, 2.75) is 64.7 Å². The molecule has 3 rings (SSSR count). The summed E-state index contributed by atoms with van der Waals surface area (Å²) in [5.74, 6) is 0. The molecule has 21 heavy (non-hydrogen) atoms. The molecule has 0 spiro atoms. The van der Waals surface area contributed by atoms with Crippen molar-refractivity contribution < 1.29 is 0 Å². The van der Waals surface area contributed by atoms with Crippen LogP contribution in [0.15, 0.2) is 10.9 Å². The van der Waals surface area contributed by atoms with Crippen molar-refractivity contribution in [3.05, 3.63) is 33.2 Å². The van der Waals surface area contributed by atoms with E-state index < -0.39 is 0 Å². The number of fused-ring (bicyclic) bond motifs is 1. The molecule has 0 atom stereocenters. The summed E-state index contributed by atoms with van der Waals surface area (Å²) in [4.78, 5) is 15.1. The van der Waals surface area contributed by atoms with Crippen LogP contribution in [0.5, 0.6) is 0 Å². The number of nitrogens with one attached hydrogen (secondary N) is 1. The van der Waals surface area contributed by atoms with Crippen molar-refractivity contribution in [2.24, 2.45) is 0 Å². The predicted molar refractivity (Wildman–Crippen MR) is 85.5 cm³/mol. The van der Waals surface area contributed by atoms with Gasteiger partial charge in [-0.25, -0.2) is 0 Å². The maximum absolute atomic E-state index is 12.8. The molecule has 0 saturated heterocycles. The molecule has 1 aromatic rings. The van der Waals surface area contributed by atoms with Crippen LogP contribution < -0.4 is 10.9 Å². The Morgan fingerprint density at radius 3 is 2.90 bits per heavy atom. The van der Waals surface area contributed by atoms with Gasteiger partial charge in [0.2, 0.25) is 0 Å². The number of pyridine rings is 1. The predicted octanol–water partition coefficient (Wildman–Crippen LogP) is 1.89. The molecule has 4 heteroatoms. The largest absolute Gasteiger partial charge is 0.312 e. The third-order valence-corrected chi connectivity index (χ3v) is 4.63. The smallest absolute Gasteiger partial charge is 0.255 e. The van der Waals surface area contributed by atoms with Crippen LogP contribution in [0, 0.1) is 0 Å². The fourth-order valence-corrected chi connectivity index (χ4v) is 3.14. The summed E-state index contributed by atoms with van der Waals surface area (Å²) in [7, 11) is 2.16. The van der Waals surface area contributed by atoms with E-state index in [2.05, 4.69) is 34.8 Å². The number of likely N-dealkylation sites (N-methyl/N-ethyl adjacent to an activating group) is 1. The highest BCUT2D eigenvalue weighted by atomic mass is 16.1. The monoisotopic (exact) mass is 289 g/mol. The number of hydrogen-bond donors (Lipinski definition) is 1. The number of aromatic nitrogens is 1. The Morgan fingerprint density at radius 2 is 2.19 bits per heavy atom. The molecule has 0 unspecified atom stereocenters. The lowest BCUT2D eigenvalue weighted by molar-refractivity contribution is 0.303. The van der Waals surface area contributed by atoms with Crippen molar-refractivity contribution in [1.82, 2.24) is 14.8 Å². The first-order valence-electron chi connectivity index (χ1n) is 8.35. The van der Waals surface area contributed by atoms with Crippen molar-refractivity contribution in [2.75, 3.05) is 13.6 Å². The van der Waals surface area contributed by atoms with Crippen LogP contribution in [0.3, 0.4) is 0 Å². The molecule has 1 aromatic heterocycles. The summed E-state index contributed by atoms with van der Waals surface area (Å²) in [6.45, 7) is 5.81. The summed E-state index contributed by atoms with van der Waals surface area (Å²) in [6, 6.07) is 2.80. The van der Waals surface area contributed by atoms with E-state index in [-0.39, 0.29) is 5.56 Å². The van der Waals surface area contributed by atoms with E-state index in [9.17, 15) is 4.79 Å². The van der Waals surface area contributed by atoms with Gasteiger partial charge in [-0.3, -0.25) is 4.79 Å². The molecule has 4 nitrogen and oxygen atoms in total. The van der Waals surface area contributed by atoms with Gasteiger partial charge >= 0.3 is 0 Å². The van der Waals surface area contributed by atoms with E-state index in [1.54, 1.807) is 0 Å². The molecule has 0 amide bonds. The second-order valence-corrected chi connectivity index (χ2v) is 6.59. The highest BCUT2D eigenvalue weighted by molar-refractivity contribution is 5.29. The summed E-state index contributed by atoms with van der Waals surface area (Å²) in [5, 5.41) is 3.49. The molecule has 1 aliphatic heterocycles. The molecule has 0 aromatic carbocycles. The Hall–Kier alpha value is -1.13. The minimum absolute atomic E-state index is 0.236. The summed E-state index contributed by atoms with van der Waals surface area (Å²) in [5.41, 5.74) is 3.82. The van der Waals surface area contributed by atoms with Crippen LogP contribution in [-0.4, -0.2) is 29.1 Å². The Morgan fingerprint density at radius 1 is 1.38 bits per heavy atom. The fourth-order valence-electron chi connectivity index (χ4n) is 3.14. The Bertz CT molecular complexity index is 560. The maximum atomic E-state index is 12.8. The highest BCUT2D eigenvalue weighted by Gasteiger charge is 2.23. The molecule has 1 saturated carbocycles. The highest BCUT2D eigenvalue weighted by Crippen LogP contribution is 2.21. The number of hydrogen-bond acceptors (Lipinski definition) is 3. The van der Waals surface area contributed by atoms with Crippen LogP contribution >= 0.6 is 0 Å². The lowest BCUT2D eigenvalue weighted by Crippen LogP contribution is -2.36. The summed E-state index contributed by atoms with van der Waals surface area (Å²) < 4.78 is 2.07. The average molecular weight is 289 g/mol. The van der Waals surface area contributed by atoms with Crippen molar-refractivity contribution in [3.63, 3.8) is 0 Å². The zero-order valence-corrected chi connectivity index (χ0v) is 13.3. The van der Waals surface area contributed by atoms with E-state index in [1.165, 1.54) is 24.1 Å². The molecular weight excluding hydrogens is 262 g/mol. The van der Waals surface area contributed by atoms with Crippen molar-refractivity contribution in [1.29, 1.82) is 0 Å². The van der Waals surface area contributed by atoms with Gasteiger partial charge in [-0.1, -0.05) is 13.3 Å². The van der Waals surface area contributed by atoms with Gasteiger partial charge in [0.25, 0.3) is 5.56 Å². The van der Waals surface area contributed by atoms with Gasteiger partial charge in [0, 0.05) is 49.9 Å². The van der Waals surface area contributed by atoms with Crippen molar-refractivity contribution in [3.8, 4) is 0 Å². The number of rotatable bonds is 6. The van der Waals surface area contributed by atoms with Crippen LogP contribution in [0.25, 0.3) is 0 Å². The first-order chi connectivity index (χ1) is 10.2.